The van der Waals surface area contributed by atoms with Gasteiger partial charge >= 0.3 is 12.1 Å². The maximum Gasteiger partial charge on any atom is 0.411 e. The van der Waals surface area contributed by atoms with Gasteiger partial charge in [-0.05, 0) is 43.9 Å². The first-order chi connectivity index (χ1) is 12.8. The number of hydrogen-bond acceptors (Lipinski definition) is 3. The summed E-state index contributed by atoms with van der Waals surface area (Å²) in [6.07, 6.45) is -0.201. The van der Waals surface area contributed by atoms with Crippen molar-refractivity contribution in [1.29, 1.82) is 0 Å². The fraction of sp³-hybridized carbons (Fsp3) is 0.364. The molecule has 142 valence electrons. The van der Waals surface area contributed by atoms with Gasteiger partial charge in [0.1, 0.15) is 11.6 Å². The van der Waals surface area contributed by atoms with Gasteiger partial charge in [0.25, 0.3) is 0 Å². The zero-order valence-corrected chi connectivity index (χ0v) is 15.9. The quantitative estimate of drug-likeness (QED) is 0.865. The van der Waals surface area contributed by atoms with Crippen LogP contribution in [0.5, 0.6) is 0 Å². The first-order valence-electron chi connectivity index (χ1n) is 9.13. The van der Waals surface area contributed by atoms with E-state index in [4.69, 9.17) is 4.74 Å². The average molecular weight is 367 g/mol. The zero-order chi connectivity index (χ0) is 19.6. The third-order valence-electron chi connectivity index (χ3n) is 4.70. The summed E-state index contributed by atoms with van der Waals surface area (Å²) in [7, 11) is 0. The van der Waals surface area contributed by atoms with E-state index in [2.05, 4.69) is 0 Å². The Bertz CT molecular complexity index is 826. The van der Waals surface area contributed by atoms with Gasteiger partial charge in [0.05, 0.1) is 0 Å². The van der Waals surface area contributed by atoms with Crippen LogP contribution in [0.1, 0.15) is 38.7 Å². The van der Waals surface area contributed by atoms with Gasteiger partial charge in [-0.3, -0.25) is 4.90 Å². The van der Waals surface area contributed by atoms with Crippen LogP contribution in [0.25, 0.3) is 11.1 Å². The van der Waals surface area contributed by atoms with Crippen molar-refractivity contribution in [3.8, 4) is 11.1 Å². The summed E-state index contributed by atoms with van der Waals surface area (Å²) in [6, 6.07) is 17.1. The standard InChI is InChI=1S/C22H25NO4/c1-22(2,3)27-21(26)23-14-16(13-19(23)20(24)25)18-12-8-7-11-17(18)15-9-5-4-6-10-15/h4-12,16,19H,13-14H2,1-3H3,(H,24,25)/t16-,19+/m1/s1. The minimum absolute atomic E-state index is 0.0602. The Morgan fingerprint density at radius 1 is 1.04 bits per heavy atom. The van der Waals surface area contributed by atoms with E-state index in [0.717, 1.165) is 16.7 Å². The van der Waals surface area contributed by atoms with E-state index in [1.807, 2.05) is 54.6 Å². The van der Waals surface area contributed by atoms with Crippen LogP contribution in [0.2, 0.25) is 0 Å². The summed E-state index contributed by atoms with van der Waals surface area (Å²) >= 11 is 0. The lowest BCUT2D eigenvalue weighted by atomic mass is 9.89. The van der Waals surface area contributed by atoms with Crippen LogP contribution in [-0.2, 0) is 9.53 Å². The fourth-order valence-electron chi connectivity index (χ4n) is 3.55. The molecule has 0 unspecified atom stereocenters. The smallest absolute Gasteiger partial charge is 0.411 e. The number of carbonyl (C=O) groups excluding carboxylic acids is 1. The SMILES string of the molecule is CC(C)(C)OC(=O)N1C[C@H](c2ccccc2-c2ccccc2)C[C@H]1C(=O)O. The van der Waals surface area contributed by atoms with Gasteiger partial charge in [-0.1, -0.05) is 54.6 Å². The normalized spacial score (nSPS) is 19.7. The first kappa shape index (κ1) is 19.0. The van der Waals surface area contributed by atoms with Gasteiger partial charge in [-0.15, -0.1) is 0 Å². The molecule has 27 heavy (non-hydrogen) atoms. The maximum absolute atomic E-state index is 12.5. The summed E-state index contributed by atoms with van der Waals surface area (Å²) < 4.78 is 5.42. The molecule has 0 radical (unpaired) electrons. The van der Waals surface area contributed by atoms with Crippen LogP contribution in [0.15, 0.2) is 54.6 Å². The van der Waals surface area contributed by atoms with E-state index in [9.17, 15) is 14.7 Å². The van der Waals surface area contributed by atoms with Crippen LogP contribution in [0.4, 0.5) is 4.79 Å². The highest BCUT2D eigenvalue weighted by atomic mass is 16.6. The first-order valence-corrected chi connectivity index (χ1v) is 9.13. The van der Waals surface area contributed by atoms with Gasteiger partial charge in [-0.25, -0.2) is 9.59 Å². The molecule has 0 bridgehead atoms. The highest BCUT2D eigenvalue weighted by Gasteiger charge is 2.42. The van der Waals surface area contributed by atoms with Gasteiger partial charge < -0.3 is 9.84 Å². The molecular formula is C22H25NO4. The van der Waals surface area contributed by atoms with Crippen molar-refractivity contribution in [2.24, 2.45) is 0 Å². The summed E-state index contributed by atoms with van der Waals surface area (Å²) in [6.45, 7) is 5.66. The van der Waals surface area contributed by atoms with Gasteiger partial charge in [0, 0.05) is 12.5 Å². The molecule has 1 fully saturated rings. The highest BCUT2D eigenvalue weighted by Crippen LogP contribution is 2.38. The lowest BCUT2D eigenvalue weighted by Crippen LogP contribution is -2.43. The van der Waals surface area contributed by atoms with Crippen molar-refractivity contribution >= 4 is 12.1 Å². The Labute approximate surface area is 159 Å². The summed E-state index contributed by atoms with van der Waals surface area (Å²) in [5.41, 5.74) is 2.54. The van der Waals surface area contributed by atoms with Crippen LogP contribution in [0.3, 0.4) is 0 Å². The van der Waals surface area contributed by atoms with Crippen LogP contribution >= 0.6 is 0 Å². The largest absolute Gasteiger partial charge is 0.480 e. The Kier molecular flexibility index (Phi) is 5.22. The molecule has 0 saturated carbocycles. The molecule has 0 spiro atoms. The van der Waals surface area contributed by atoms with Gasteiger partial charge in [-0.2, -0.15) is 0 Å². The molecule has 2 atom stereocenters. The number of likely N-dealkylation sites (tertiary alicyclic amines) is 1. The molecule has 1 amide bonds. The second-order valence-corrected chi connectivity index (χ2v) is 7.87. The number of ether oxygens (including phenoxy) is 1. The van der Waals surface area contributed by atoms with E-state index in [1.54, 1.807) is 20.8 Å². The molecule has 3 rings (SSSR count). The number of benzene rings is 2. The van der Waals surface area contributed by atoms with Crippen molar-refractivity contribution < 1.29 is 19.4 Å². The van der Waals surface area contributed by atoms with E-state index in [-0.39, 0.29) is 5.92 Å². The van der Waals surface area contributed by atoms with E-state index in [1.165, 1.54) is 4.90 Å². The van der Waals surface area contributed by atoms with Crippen LogP contribution in [-0.4, -0.2) is 40.3 Å². The number of hydrogen-bond donors (Lipinski definition) is 1. The Morgan fingerprint density at radius 3 is 2.30 bits per heavy atom. The minimum Gasteiger partial charge on any atom is -0.480 e. The molecule has 0 aromatic heterocycles. The predicted octanol–water partition coefficient (Wildman–Crippen LogP) is 4.53. The minimum atomic E-state index is -0.999. The predicted molar refractivity (Wildman–Crippen MR) is 104 cm³/mol. The number of rotatable bonds is 3. The second-order valence-electron chi connectivity index (χ2n) is 7.87. The summed E-state index contributed by atoms with van der Waals surface area (Å²) in [5, 5.41) is 9.63. The average Bonchev–Trinajstić information content (AvgIpc) is 3.07. The number of carbonyl (C=O) groups is 2. The molecule has 5 nitrogen and oxygen atoms in total. The summed E-state index contributed by atoms with van der Waals surface area (Å²) in [4.78, 5) is 25.7. The molecule has 1 N–H and O–H groups in total. The molecule has 5 heteroatoms. The molecule has 1 aliphatic heterocycles. The second kappa shape index (κ2) is 7.43. The molecule has 2 aromatic rings. The highest BCUT2D eigenvalue weighted by molar-refractivity contribution is 5.81. The van der Waals surface area contributed by atoms with E-state index >= 15 is 0 Å². The topological polar surface area (TPSA) is 66.8 Å². The number of amides is 1. The monoisotopic (exact) mass is 367 g/mol. The number of carboxylic acids is 1. The molecule has 2 aromatic carbocycles. The zero-order valence-electron chi connectivity index (χ0n) is 15.9. The number of nitrogens with zero attached hydrogens (tertiary/aromatic N) is 1. The Balaban J connectivity index is 1.91. The molecule has 0 aliphatic carbocycles. The van der Waals surface area contributed by atoms with Crippen molar-refractivity contribution in [2.75, 3.05) is 6.54 Å². The lowest BCUT2D eigenvalue weighted by molar-refractivity contribution is -0.142. The van der Waals surface area contributed by atoms with Crippen molar-refractivity contribution in [2.45, 2.75) is 44.8 Å². The lowest BCUT2D eigenvalue weighted by Gasteiger charge is -2.26. The van der Waals surface area contributed by atoms with E-state index < -0.39 is 23.7 Å². The Morgan fingerprint density at radius 2 is 1.67 bits per heavy atom. The molecule has 1 aliphatic rings. The fourth-order valence-corrected chi connectivity index (χ4v) is 3.55. The molecule has 1 heterocycles. The number of carboxylic acid groups (broad SMARTS) is 1. The van der Waals surface area contributed by atoms with Gasteiger partial charge in [0.15, 0.2) is 0 Å². The molecule has 1 saturated heterocycles. The molecular weight excluding hydrogens is 342 g/mol. The van der Waals surface area contributed by atoms with E-state index in [0.29, 0.717) is 13.0 Å². The van der Waals surface area contributed by atoms with Crippen LogP contribution < -0.4 is 0 Å². The van der Waals surface area contributed by atoms with Crippen molar-refractivity contribution in [3.05, 3.63) is 60.2 Å². The number of aliphatic carboxylic acids is 1. The third kappa shape index (κ3) is 4.30. The third-order valence-corrected chi connectivity index (χ3v) is 4.70. The maximum atomic E-state index is 12.5. The van der Waals surface area contributed by atoms with Crippen molar-refractivity contribution in [1.82, 2.24) is 4.90 Å². The van der Waals surface area contributed by atoms with Crippen molar-refractivity contribution in [3.63, 3.8) is 0 Å². The van der Waals surface area contributed by atoms with Crippen LogP contribution in [0, 0.1) is 0 Å². The van der Waals surface area contributed by atoms with Gasteiger partial charge in [0.2, 0.25) is 0 Å². The summed E-state index contributed by atoms with van der Waals surface area (Å²) in [5.74, 6) is -1.06. The Hall–Kier alpha value is -2.82.